The van der Waals surface area contributed by atoms with Crippen molar-refractivity contribution in [3.63, 3.8) is 0 Å². The summed E-state index contributed by atoms with van der Waals surface area (Å²) in [5.74, 6) is 0.694. The molecule has 246 valence electrons. The fourth-order valence-electron chi connectivity index (χ4n) is 7.95. The van der Waals surface area contributed by atoms with Gasteiger partial charge in [-0.1, -0.05) is 140 Å². The Labute approximate surface area is 309 Å². The van der Waals surface area contributed by atoms with Crippen LogP contribution in [-0.4, -0.2) is 15.0 Å². The smallest absolute Gasteiger partial charge is 0.160 e. The van der Waals surface area contributed by atoms with E-state index in [1.807, 2.05) is 23.5 Å². The van der Waals surface area contributed by atoms with Gasteiger partial charge < -0.3 is 0 Å². The first-order valence-electron chi connectivity index (χ1n) is 17.9. The third-order valence-electron chi connectivity index (χ3n) is 10.4. The summed E-state index contributed by atoms with van der Waals surface area (Å²) in [7, 11) is 0. The summed E-state index contributed by atoms with van der Waals surface area (Å²) in [6, 6.07) is 62.4. The van der Waals surface area contributed by atoms with Gasteiger partial charge >= 0.3 is 0 Å². The Morgan fingerprint density at radius 1 is 0.340 bits per heavy atom. The standard InChI is InChI=1S/C49H29N3S/c1-3-13-30(14-4-1)43-29-44(31-15-5-2-6-16-31)52-49(51-43)33-24-26-42-41(28-33)48-46(39-21-11-12-22-45(39)53-48)47(50-42)32-23-25-38-36-19-8-7-17-34(36)35-18-9-10-20-37(35)40(38)27-32/h1-29H. The second kappa shape index (κ2) is 11.9. The van der Waals surface area contributed by atoms with Gasteiger partial charge in [-0.15, -0.1) is 11.3 Å². The molecule has 0 aliphatic rings. The van der Waals surface area contributed by atoms with Crippen LogP contribution in [0.1, 0.15) is 0 Å². The second-order valence-electron chi connectivity index (χ2n) is 13.5. The van der Waals surface area contributed by atoms with Gasteiger partial charge in [0.2, 0.25) is 0 Å². The van der Waals surface area contributed by atoms with E-state index in [1.165, 1.54) is 52.5 Å². The van der Waals surface area contributed by atoms with Crippen molar-refractivity contribution >= 4 is 74.7 Å². The molecular weight excluding hydrogens is 663 g/mol. The van der Waals surface area contributed by atoms with Crippen molar-refractivity contribution in [2.24, 2.45) is 0 Å². The van der Waals surface area contributed by atoms with Crippen LogP contribution in [0.4, 0.5) is 0 Å². The molecule has 0 amide bonds. The topological polar surface area (TPSA) is 38.7 Å². The van der Waals surface area contributed by atoms with Crippen LogP contribution in [0, 0.1) is 0 Å². The van der Waals surface area contributed by atoms with Crippen LogP contribution in [0.3, 0.4) is 0 Å². The SMILES string of the molecule is c1ccc(-c2cc(-c3ccccc3)nc(-c3ccc4nc(-c5ccc6c7ccccc7c7ccccc7c6c5)c5c6ccccc6sc5c4c3)n2)cc1. The lowest BCUT2D eigenvalue weighted by molar-refractivity contribution is 1.18. The van der Waals surface area contributed by atoms with Crippen LogP contribution in [0.25, 0.3) is 109 Å². The quantitative estimate of drug-likeness (QED) is 0.172. The number of rotatable bonds is 4. The minimum Gasteiger partial charge on any atom is -0.247 e. The molecule has 3 heterocycles. The van der Waals surface area contributed by atoms with Crippen molar-refractivity contribution < 1.29 is 0 Å². The van der Waals surface area contributed by atoms with Gasteiger partial charge in [-0.2, -0.15) is 0 Å². The molecule has 0 saturated heterocycles. The van der Waals surface area contributed by atoms with Crippen LogP contribution in [0.2, 0.25) is 0 Å². The highest BCUT2D eigenvalue weighted by atomic mass is 32.1. The molecule has 53 heavy (non-hydrogen) atoms. The number of aromatic nitrogens is 3. The lowest BCUT2D eigenvalue weighted by Crippen LogP contribution is -1.96. The molecule has 4 heteroatoms. The molecule has 0 aliphatic heterocycles. The Kier molecular flexibility index (Phi) is 6.73. The number of benzene rings is 8. The number of nitrogens with zero attached hydrogens (tertiary/aromatic N) is 3. The Bertz CT molecular complexity index is 3130. The highest BCUT2D eigenvalue weighted by Crippen LogP contribution is 2.45. The molecule has 3 nitrogen and oxygen atoms in total. The molecule has 0 atom stereocenters. The van der Waals surface area contributed by atoms with Crippen LogP contribution < -0.4 is 0 Å². The summed E-state index contributed by atoms with van der Waals surface area (Å²) in [5, 5.41) is 11.1. The third kappa shape index (κ3) is 4.84. The van der Waals surface area contributed by atoms with E-state index < -0.39 is 0 Å². The van der Waals surface area contributed by atoms with Gasteiger partial charge in [0.15, 0.2) is 5.82 Å². The molecule has 0 N–H and O–H groups in total. The van der Waals surface area contributed by atoms with E-state index in [1.54, 1.807) is 0 Å². The van der Waals surface area contributed by atoms with Gasteiger partial charge in [0.1, 0.15) is 0 Å². The molecule has 0 saturated carbocycles. The average Bonchev–Trinajstić information content (AvgIpc) is 3.64. The van der Waals surface area contributed by atoms with Gasteiger partial charge in [0, 0.05) is 47.8 Å². The molecule has 0 spiro atoms. The monoisotopic (exact) mass is 691 g/mol. The van der Waals surface area contributed by atoms with Gasteiger partial charge in [-0.25, -0.2) is 15.0 Å². The van der Waals surface area contributed by atoms with E-state index >= 15 is 0 Å². The number of thiophene rings is 1. The lowest BCUT2D eigenvalue weighted by atomic mass is 9.92. The van der Waals surface area contributed by atoms with Crippen molar-refractivity contribution in [3.8, 4) is 45.2 Å². The number of hydrogen-bond acceptors (Lipinski definition) is 4. The third-order valence-corrected chi connectivity index (χ3v) is 11.7. The van der Waals surface area contributed by atoms with Crippen molar-refractivity contribution in [2.45, 2.75) is 0 Å². The second-order valence-corrected chi connectivity index (χ2v) is 14.6. The van der Waals surface area contributed by atoms with Crippen LogP contribution in [0.5, 0.6) is 0 Å². The van der Waals surface area contributed by atoms with E-state index in [9.17, 15) is 0 Å². The van der Waals surface area contributed by atoms with Gasteiger partial charge in [-0.3, -0.25) is 0 Å². The van der Waals surface area contributed by atoms with Crippen LogP contribution >= 0.6 is 11.3 Å². The fourth-order valence-corrected chi connectivity index (χ4v) is 9.18. The maximum atomic E-state index is 5.48. The molecule has 0 fully saturated rings. The molecule has 8 aromatic carbocycles. The predicted octanol–water partition coefficient (Wildman–Crippen LogP) is 13.5. The number of fused-ring (bicyclic) bond motifs is 11. The van der Waals surface area contributed by atoms with Gasteiger partial charge in [0.25, 0.3) is 0 Å². The van der Waals surface area contributed by atoms with Crippen LogP contribution in [-0.2, 0) is 0 Å². The fraction of sp³-hybridized carbons (Fsp3) is 0. The summed E-state index contributed by atoms with van der Waals surface area (Å²) in [5.41, 5.74) is 7.94. The molecule has 11 rings (SSSR count). The van der Waals surface area contributed by atoms with E-state index in [4.69, 9.17) is 15.0 Å². The minimum absolute atomic E-state index is 0.694. The summed E-state index contributed by atoms with van der Waals surface area (Å²) >= 11 is 1.83. The first kappa shape index (κ1) is 29.9. The molecule has 11 aromatic rings. The Hall–Kier alpha value is -6.75. The zero-order chi connectivity index (χ0) is 34.9. The number of hydrogen-bond donors (Lipinski definition) is 0. The zero-order valence-electron chi connectivity index (χ0n) is 28.5. The minimum atomic E-state index is 0.694. The van der Waals surface area contributed by atoms with Crippen molar-refractivity contribution in [3.05, 3.63) is 176 Å². The summed E-state index contributed by atoms with van der Waals surface area (Å²) in [4.78, 5) is 15.8. The van der Waals surface area contributed by atoms with Crippen molar-refractivity contribution in [1.29, 1.82) is 0 Å². The van der Waals surface area contributed by atoms with E-state index in [2.05, 4.69) is 164 Å². The van der Waals surface area contributed by atoms with E-state index in [-0.39, 0.29) is 0 Å². The zero-order valence-corrected chi connectivity index (χ0v) is 29.3. The van der Waals surface area contributed by atoms with Gasteiger partial charge in [0.05, 0.1) is 22.6 Å². The highest BCUT2D eigenvalue weighted by molar-refractivity contribution is 7.26. The molecule has 0 unspecified atom stereocenters. The number of pyridine rings is 1. The lowest BCUT2D eigenvalue weighted by Gasteiger charge is -2.13. The largest absolute Gasteiger partial charge is 0.247 e. The molecule has 3 aromatic heterocycles. The average molecular weight is 692 g/mol. The van der Waals surface area contributed by atoms with Gasteiger partial charge in [-0.05, 0) is 68.7 Å². The Balaban J connectivity index is 1.16. The van der Waals surface area contributed by atoms with Crippen molar-refractivity contribution in [1.82, 2.24) is 15.0 Å². The molecule has 0 bridgehead atoms. The van der Waals surface area contributed by atoms with Crippen molar-refractivity contribution in [2.75, 3.05) is 0 Å². The summed E-state index contributed by atoms with van der Waals surface area (Å²) < 4.78 is 2.47. The molecule has 0 aliphatic carbocycles. The Morgan fingerprint density at radius 2 is 0.849 bits per heavy atom. The van der Waals surface area contributed by atoms with E-state index in [0.717, 1.165) is 50.2 Å². The summed E-state index contributed by atoms with van der Waals surface area (Å²) in [6.07, 6.45) is 0. The highest BCUT2D eigenvalue weighted by Gasteiger charge is 2.19. The van der Waals surface area contributed by atoms with Crippen LogP contribution in [0.15, 0.2) is 176 Å². The van der Waals surface area contributed by atoms with E-state index in [0.29, 0.717) is 5.82 Å². The predicted molar refractivity (Wildman–Crippen MR) is 224 cm³/mol. The summed E-state index contributed by atoms with van der Waals surface area (Å²) in [6.45, 7) is 0. The molecule has 0 radical (unpaired) electrons. The normalized spacial score (nSPS) is 11.8. The maximum Gasteiger partial charge on any atom is 0.160 e. The first-order chi connectivity index (χ1) is 26.3. The molecular formula is C49H29N3S. The first-order valence-corrected chi connectivity index (χ1v) is 18.7. The Morgan fingerprint density at radius 3 is 1.49 bits per heavy atom. The maximum absolute atomic E-state index is 5.48.